The van der Waals surface area contributed by atoms with Crippen molar-refractivity contribution >= 4 is 11.9 Å². The molecule has 1 unspecified atom stereocenters. The molecule has 0 radical (unpaired) electrons. The number of hydrazine groups is 1. The van der Waals surface area contributed by atoms with Crippen LogP contribution >= 0.6 is 0 Å². The second-order valence-corrected chi connectivity index (χ2v) is 2.08. The molecule has 11 heavy (non-hydrogen) atoms. The van der Waals surface area contributed by atoms with Crippen molar-refractivity contribution in [1.82, 2.24) is 5.01 Å². The van der Waals surface area contributed by atoms with Crippen molar-refractivity contribution in [3.8, 4) is 0 Å². The number of nitrogens with zero attached hydrogens (tertiary/aromatic N) is 1. The zero-order valence-electron chi connectivity index (χ0n) is 6.02. The highest BCUT2D eigenvalue weighted by molar-refractivity contribution is 5.74. The summed E-state index contributed by atoms with van der Waals surface area (Å²) in [5.41, 5.74) is 0. The van der Waals surface area contributed by atoms with E-state index in [1.165, 1.54) is 6.92 Å². The van der Waals surface area contributed by atoms with E-state index in [1.807, 2.05) is 0 Å². The van der Waals surface area contributed by atoms with Crippen LogP contribution in [-0.4, -0.2) is 39.7 Å². The van der Waals surface area contributed by atoms with Crippen LogP contribution in [0.15, 0.2) is 0 Å². The van der Waals surface area contributed by atoms with E-state index in [2.05, 4.69) is 0 Å². The molecule has 0 spiro atoms. The molecule has 6 nitrogen and oxygen atoms in total. The van der Waals surface area contributed by atoms with Crippen LogP contribution in [0.1, 0.15) is 6.92 Å². The fourth-order valence-electron chi connectivity index (χ4n) is 0.435. The highest BCUT2D eigenvalue weighted by Crippen LogP contribution is 1.90. The molecule has 0 aromatic heterocycles. The van der Waals surface area contributed by atoms with Crippen molar-refractivity contribution in [2.24, 2.45) is 5.84 Å². The van der Waals surface area contributed by atoms with Crippen LogP contribution in [0.4, 0.5) is 0 Å². The molecule has 6 heteroatoms. The normalized spacial score (nSPS) is 13.0. The summed E-state index contributed by atoms with van der Waals surface area (Å²) in [7, 11) is 0. The Labute approximate surface area is 63.2 Å². The molecule has 0 aromatic rings. The molecule has 0 aromatic carbocycles. The van der Waals surface area contributed by atoms with E-state index < -0.39 is 24.5 Å². The van der Waals surface area contributed by atoms with Gasteiger partial charge in [0.05, 0.1) is 0 Å². The molecule has 0 heterocycles. The van der Waals surface area contributed by atoms with Gasteiger partial charge in [-0.1, -0.05) is 0 Å². The van der Waals surface area contributed by atoms with E-state index in [1.54, 1.807) is 0 Å². The van der Waals surface area contributed by atoms with Crippen LogP contribution in [0.25, 0.3) is 0 Å². The lowest BCUT2D eigenvalue weighted by Gasteiger charge is -2.17. The maximum absolute atomic E-state index is 10.2. The molecule has 0 aliphatic rings. The van der Waals surface area contributed by atoms with Gasteiger partial charge in [0.2, 0.25) is 0 Å². The summed E-state index contributed by atoms with van der Waals surface area (Å²) >= 11 is 0. The lowest BCUT2D eigenvalue weighted by atomic mass is 10.3. The lowest BCUT2D eigenvalue weighted by Crippen LogP contribution is -2.46. The van der Waals surface area contributed by atoms with E-state index in [4.69, 9.17) is 16.1 Å². The molecule has 0 fully saturated rings. The third kappa shape index (κ3) is 3.54. The van der Waals surface area contributed by atoms with E-state index >= 15 is 0 Å². The van der Waals surface area contributed by atoms with Gasteiger partial charge in [-0.3, -0.25) is 15.4 Å². The Morgan fingerprint density at radius 3 is 2.27 bits per heavy atom. The first-order valence-electron chi connectivity index (χ1n) is 2.91. The van der Waals surface area contributed by atoms with Crippen LogP contribution in [-0.2, 0) is 9.59 Å². The van der Waals surface area contributed by atoms with E-state index in [9.17, 15) is 9.59 Å². The third-order valence-corrected chi connectivity index (χ3v) is 1.17. The van der Waals surface area contributed by atoms with Gasteiger partial charge in [0.1, 0.15) is 12.6 Å². The Kier molecular flexibility index (Phi) is 3.49. The smallest absolute Gasteiger partial charge is 0.322 e. The molecule has 0 aliphatic carbocycles. The summed E-state index contributed by atoms with van der Waals surface area (Å²) in [6.07, 6.45) is 0. The fourth-order valence-corrected chi connectivity index (χ4v) is 0.435. The van der Waals surface area contributed by atoms with Crippen molar-refractivity contribution in [1.29, 1.82) is 0 Å². The minimum atomic E-state index is -1.15. The SMILES string of the molecule is CC(C(=O)O)N(N)CC(=O)O. The van der Waals surface area contributed by atoms with Crippen molar-refractivity contribution in [3.05, 3.63) is 0 Å². The number of nitrogens with two attached hydrogens (primary N) is 1. The summed E-state index contributed by atoms with van der Waals surface area (Å²) in [5.74, 6) is 2.79. The molecule has 0 saturated heterocycles. The molecule has 4 N–H and O–H groups in total. The standard InChI is InChI=1S/C5H10N2O4/c1-3(5(10)11)7(6)2-4(8)9/h3H,2,6H2,1H3,(H,8,9)(H,10,11). The van der Waals surface area contributed by atoms with Gasteiger partial charge in [-0.05, 0) is 6.92 Å². The van der Waals surface area contributed by atoms with E-state index in [-0.39, 0.29) is 0 Å². The first kappa shape index (κ1) is 9.86. The number of carboxylic acid groups (broad SMARTS) is 2. The minimum absolute atomic E-state index is 0.479. The topological polar surface area (TPSA) is 104 Å². The maximum Gasteiger partial charge on any atom is 0.322 e. The number of carboxylic acids is 2. The van der Waals surface area contributed by atoms with Gasteiger partial charge in [-0.15, -0.1) is 0 Å². The van der Waals surface area contributed by atoms with Gasteiger partial charge in [0.25, 0.3) is 0 Å². The quantitative estimate of drug-likeness (QED) is 0.351. The third-order valence-electron chi connectivity index (χ3n) is 1.17. The van der Waals surface area contributed by atoms with Crippen molar-refractivity contribution in [2.45, 2.75) is 13.0 Å². The van der Waals surface area contributed by atoms with Crippen molar-refractivity contribution in [3.63, 3.8) is 0 Å². The van der Waals surface area contributed by atoms with Gasteiger partial charge >= 0.3 is 11.9 Å². The highest BCUT2D eigenvalue weighted by Gasteiger charge is 2.18. The monoisotopic (exact) mass is 162 g/mol. The molecule has 0 amide bonds. The van der Waals surface area contributed by atoms with Crippen LogP contribution < -0.4 is 5.84 Å². The van der Waals surface area contributed by atoms with Crippen LogP contribution in [0, 0.1) is 0 Å². The maximum atomic E-state index is 10.2. The van der Waals surface area contributed by atoms with E-state index in [0.717, 1.165) is 5.01 Å². The summed E-state index contributed by atoms with van der Waals surface area (Å²) in [5, 5.41) is 17.3. The van der Waals surface area contributed by atoms with Crippen LogP contribution in [0.3, 0.4) is 0 Å². The fraction of sp³-hybridized carbons (Fsp3) is 0.600. The Morgan fingerprint density at radius 1 is 1.55 bits per heavy atom. The predicted molar refractivity (Wildman–Crippen MR) is 35.6 cm³/mol. The zero-order chi connectivity index (χ0) is 9.02. The average molecular weight is 162 g/mol. The number of rotatable bonds is 4. The summed E-state index contributed by atoms with van der Waals surface area (Å²) in [6, 6.07) is -0.980. The summed E-state index contributed by atoms with van der Waals surface area (Å²) < 4.78 is 0. The molecular weight excluding hydrogens is 152 g/mol. The van der Waals surface area contributed by atoms with E-state index in [0.29, 0.717) is 0 Å². The molecule has 0 aliphatic heterocycles. The first-order chi connectivity index (χ1) is 4.95. The Morgan fingerprint density at radius 2 is 2.00 bits per heavy atom. The second kappa shape index (κ2) is 3.89. The van der Waals surface area contributed by atoms with Crippen LogP contribution in [0.5, 0.6) is 0 Å². The number of aliphatic carboxylic acids is 2. The first-order valence-corrected chi connectivity index (χ1v) is 2.91. The van der Waals surface area contributed by atoms with Gasteiger partial charge < -0.3 is 10.2 Å². The van der Waals surface area contributed by atoms with Gasteiger partial charge in [-0.2, -0.15) is 0 Å². The Hall–Kier alpha value is -1.14. The summed E-state index contributed by atoms with van der Waals surface area (Å²) in [6.45, 7) is 0.832. The average Bonchev–Trinajstić information content (AvgIpc) is 1.84. The minimum Gasteiger partial charge on any atom is -0.480 e. The second-order valence-electron chi connectivity index (χ2n) is 2.08. The molecule has 0 bridgehead atoms. The molecule has 1 atom stereocenters. The largest absolute Gasteiger partial charge is 0.480 e. The molecular formula is C5H10N2O4. The van der Waals surface area contributed by atoms with Gasteiger partial charge in [0, 0.05) is 0 Å². The Bertz CT molecular complexity index is 170. The molecule has 64 valence electrons. The van der Waals surface area contributed by atoms with Gasteiger partial charge in [0.15, 0.2) is 0 Å². The number of hydrogen-bond acceptors (Lipinski definition) is 4. The number of carbonyl (C=O) groups is 2. The van der Waals surface area contributed by atoms with Crippen LogP contribution in [0.2, 0.25) is 0 Å². The molecule has 0 saturated carbocycles. The van der Waals surface area contributed by atoms with Crippen molar-refractivity contribution < 1.29 is 19.8 Å². The molecule has 0 rings (SSSR count). The highest BCUT2D eigenvalue weighted by atomic mass is 16.4. The predicted octanol–water partition coefficient (Wildman–Crippen LogP) is -1.28. The lowest BCUT2D eigenvalue weighted by molar-refractivity contribution is -0.145. The number of hydrogen-bond donors (Lipinski definition) is 3. The van der Waals surface area contributed by atoms with Crippen molar-refractivity contribution in [2.75, 3.05) is 6.54 Å². The zero-order valence-corrected chi connectivity index (χ0v) is 6.02. The summed E-state index contributed by atoms with van der Waals surface area (Å²) in [4.78, 5) is 20.2. The van der Waals surface area contributed by atoms with Gasteiger partial charge in [-0.25, -0.2) is 5.01 Å². The Balaban J connectivity index is 3.92.